The molecule has 0 saturated carbocycles. The van der Waals surface area contributed by atoms with Crippen LogP contribution < -0.4 is 0 Å². The smallest absolute Gasteiger partial charge is 0.115 e. The van der Waals surface area contributed by atoms with Crippen LogP contribution in [-0.2, 0) is 0 Å². The third-order valence-electron chi connectivity index (χ3n) is 2.49. The Morgan fingerprint density at radius 3 is 1.86 bits per heavy atom. The van der Waals surface area contributed by atoms with Crippen LogP contribution in [0.15, 0.2) is 80.4 Å². The van der Waals surface area contributed by atoms with Crippen LogP contribution in [0.4, 0.5) is 0 Å². The standard InChI is InChI=1S/C9H10O.C8H8.C3H3N/c1-7(2)8-3-5-9(10)6-4-8;1-2-8-6-4-3-5-7-8;1-2-3-4/h3-6,10H,1H2,2H3;2-7H,1H2;2H,1H2. The molecule has 0 heterocycles. The van der Waals surface area contributed by atoms with Crippen molar-refractivity contribution in [3.05, 3.63) is 91.5 Å². The maximum Gasteiger partial charge on any atom is 0.115 e. The lowest BCUT2D eigenvalue weighted by Crippen LogP contribution is -1.74. The number of allylic oxidation sites excluding steroid dienone is 2. The fourth-order valence-corrected chi connectivity index (χ4v) is 1.34. The van der Waals surface area contributed by atoms with Crippen LogP contribution in [0, 0.1) is 11.3 Å². The Morgan fingerprint density at radius 2 is 1.55 bits per heavy atom. The van der Waals surface area contributed by atoms with Gasteiger partial charge >= 0.3 is 0 Å². The minimum atomic E-state index is 0.296. The number of rotatable bonds is 2. The van der Waals surface area contributed by atoms with E-state index in [0.29, 0.717) is 5.75 Å². The molecule has 0 aliphatic heterocycles. The van der Waals surface area contributed by atoms with Gasteiger partial charge in [0.15, 0.2) is 0 Å². The van der Waals surface area contributed by atoms with Crippen LogP contribution >= 0.6 is 0 Å². The van der Waals surface area contributed by atoms with E-state index in [4.69, 9.17) is 10.4 Å². The van der Waals surface area contributed by atoms with Crippen LogP contribution in [0.2, 0.25) is 0 Å². The molecular formula is C20H21NO. The third-order valence-corrected chi connectivity index (χ3v) is 2.49. The second kappa shape index (κ2) is 11.7. The highest BCUT2D eigenvalue weighted by molar-refractivity contribution is 5.61. The first-order valence-corrected chi connectivity index (χ1v) is 6.68. The summed E-state index contributed by atoms with van der Waals surface area (Å²) in [6.45, 7) is 12.5. The zero-order chi connectivity index (χ0) is 16.8. The summed E-state index contributed by atoms with van der Waals surface area (Å²) in [6.07, 6.45) is 3.01. The summed E-state index contributed by atoms with van der Waals surface area (Å²) in [5.74, 6) is 0.296. The fraction of sp³-hybridized carbons (Fsp3) is 0.0500. The molecule has 0 aromatic heterocycles. The van der Waals surface area contributed by atoms with Crippen molar-refractivity contribution in [3.8, 4) is 11.8 Å². The highest BCUT2D eigenvalue weighted by atomic mass is 16.3. The number of benzene rings is 2. The lowest BCUT2D eigenvalue weighted by atomic mass is 10.1. The summed E-state index contributed by atoms with van der Waals surface area (Å²) < 4.78 is 0. The van der Waals surface area contributed by atoms with Gasteiger partial charge in [0.25, 0.3) is 0 Å². The molecule has 1 N–H and O–H groups in total. The summed E-state index contributed by atoms with van der Waals surface area (Å²) in [7, 11) is 0. The van der Waals surface area contributed by atoms with Gasteiger partial charge in [-0.05, 0) is 30.2 Å². The van der Waals surface area contributed by atoms with E-state index >= 15 is 0 Å². The topological polar surface area (TPSA) is 44.0 Å². The molecule has 0 bridgehead atoms. The summed E-state index contributed by atoms with van der Waals surface area (Å²) in [5.41, 5.74) is 3.25. The Balaban J connectivity index is 0.000000330. The van der Waals surface area contributed by atoms with Crippen molar-refractivity contribution in [1.82, 2.24) is 0 Å². The number of nitriles is 1. The molecule has 0 saturated heterocycles. The summed E-state index contributed by atoms with van der Waals surface area (Å²) in [4.78, 5) is 0. The van der Waals surface area contributed by atoms with Gasteiger partial charge in [0, 0.05) is 6.08 Å². The summed E-state index contributed by atoms with van der Waals surface area (Å²) in [6, 6.07) is 18.7. The van der Waals surface area contributed by atoms with Crippen molar-refractivity contribution in [1.29, 1.82) is 5.26 Å². The van der Waals surface area contributed by atoms with Crippen LogP contribution in [0.1, 0.15) is 18.1 Å². The van der Waals surface area contributed by atoms with Gasteiger partial charge in [-0.15, -0.1) is 0 Å². The predicted molar refractivity (Wildman–Crippen MR) is 95.2 cm³/mol. The number of nitrogens with zero attached hydrogens (tertiary/aromatic N) is 1. The highest BCUT2D eigenvalue weighted by Gasteiger charge is 1.90. The molecule has 0 spiro atoms. The van der Waals surface area contributed by atoms with Crippen molar-refractivity contribution in [3.63, 3.8) is 0 Å². The summed E-state index contributed by atoms with van der Waals surface area (Å²) >= 11 is 0. The highest BCUT2D eigenvalue weighted by Crippen LogP contribution is 2.15. The molecule has 0 aliphatic rings. The molecule has 0 aliphatic carbocycles. The largest absolute Gasteiger partial charge is 0.508 e. The van der Waals surface area contributed by atoms with Gasteiger partial charge in [0.2, 0.25) is 0 Å². The first-order valence-electron chi connectivity index (χ1n) is 6.68. The van der Waals surface area contributed by atoms with Gasteiger partial charge in [-0.25, -0.2) is 0 Å². The number of aromatic hydroxyl groups is 1. The minimum absolute atomic E-state index is 0.296. The van der Waals surface area contributed by atoms with E-state index < -0.39 is 0 Å². The van der Waals surface area contributed by atoms with Gasteiger partial charge in [-0.1, -0.05) is 73.9 Å². The average molecular weight is 291 g/mol. The molecule has 0 radical (unpaired) electrons. The van der Waals surface area contributed by atoms with Crippen molar-refractivity contribution in [2.75, 3.05) is 0 Å². The molecule has 112 valence electrons. The van der Waals surface area contributed by atoms with Gasteiger partial charge in [0.1, 0.15) is 5.75 Å². The predicted octanol–water partition coefficient (Wildman–Crippen LogP) is 5.45. The zero-order valence-corrected chi connectivity index (χ0v) is 12.9. The number of phenols is 1. The third kappa shape index (κ3) is 8.95. The average Bonchev–Trinajstić information content (AvgIpc) is 2.57. The monoisotopic (exact) mass is 291 g/mol. The maximum absolute atomic E-state index is 8.91. The van der Waals surface area contributed by atoms with Crippen molar-refractivity contribution < 1.29 is 5.11 Å². The Morgan fingerprint density at radius 1 is 1.05 bits per heavy atom. The lowest BCUT2D eigenvalue weighted by Gasteiger charge is -1.97. The molecule has 0 atom stereocenters. The molecule has 2 rings (SSSR count). The second-order valence-corrected chi connectivity index (χ2v) is 4.28. The molecule has 22 heavy (non-hydrogen) atoms. The zero-order valence-electron chi connectivity index (χ0n) is 12.9. The van der Waals surface area contributed by atoms with E-state index in [-0.39, 0.29) is 0 Å². The van der Waals surface area contributed by atoms with E-state index in [2.05, 4.69) is 19.7 Å². The Bertz CT molecular complexity index is 619. The number of phenolic OH excluding ortho intramolecular Hbond substituents is 1. The van der Waals surface area contributed by atoms with E-state index in [1.807, 2.05) is 55.5 Å². The lowest BCUT2D eigenvalue weighted by molar-refractivity contribution is 0.475. The van der Waals surface area contributed by atoms with Gasteiger partial charge in [-0.2, -0.15) is 5.26 Å². The SMILES string of the molecule is C=C(C)c1ccc(O)cc1.C=CC#N.C=Cc1ccccc1. The molecule has 0 fully saturated rings. The first kappa shape index (κ1) is 19.0. The van der Waals surface area contributed by atoms with E-state index in [1.165, 1.54) is 11.6 Å². The van der Waals surface area contributed by atoms with Gasteiger partial charge in [0.05, 0.1) is 6.07 Å². The minimum Gasteiger partial charge on any atom is -0.508 e. The van der Waals surface area contributed by atoms with Crippen LogP contribution in [0.25, 0.3) is 11.6 Å². The van der Waals surface area contributed by atoms with Crippen molar-refractivity contribution >= 4 is 11.6 Å². The fourth-order valence-electron chi connectivity index (χ4n) is 1.34. The molecule has 0 unspecified atom stereocenters. The Kier molecular flexibility index (Phi) is 10.1. The van der Waals surface area contributed by atoms with Crippen LogP contribution in [0.3, 0.4) is 0 Å². The Labute approximate surface area is 133 Å². The van der Waals surface area contributed by atoms with Crippen LogP contribution in [-0.4, -0.2) is 5.11 Å². The van der Waals surface area contributed by atoms with Gasteiger partial charge in [-0.3, -0.25) is 0 Å². The second-order valence-electron chi connectivity index (χ2n) is 4.28. The normalized spacial score (nSPS) is 8.00. The molecule has 0 amide bonds. The van der Waals surface area contributed by atoms with Crippen molar-refractivity contribution in [2.24, 2.45) is 0 Å². The quantitative estimate of drug-likeness (QED) is 0.747. The van der Waals surface area contributed by atoms with E-state index in [0.717, 1.165) is 11.1 Å². The Hall–Kier alpha value is -3.05. The number of hydrogen-bond donors (Lipinski definition) is 1. The number of hydrogen-bond acceptors (Lipinski definition) is 2. The van der Waals surface area contributed by atoms with Crippen LogP contribution in [0.5, 0.6) is 5.75 Å². The summed E-state index contributed by atoms with van der Waals surface area (Å²) in [5, 5.41) is 16.4. The maximum atomic E-state index is 8.91. The van der Waals surface area contributed by atoms with E-state index in [9.17, 15) is 0 Å². The molecule has 2 aromatic rings. The molecule has 2 nitrogen and oxygen atoms in total. The first-order chi connectivity index (χ1) is 10.5. The van der Waals surface area contributed by atoms with Crippen molar-refractivity contribution in [2.45, 2.75) is 6.92 Å². The molecule has 2 aromatic carbocycles. The van der Waals surface area contributed by atoms with E-state index in [1.54, 1.807) is 18.2 Å². The molecular weight excluding hydrogens is 270 g/mol. The van der Waals surface area contributed by atoms with Gasteiger partial charge < -0.3 is 5.11 Å². The molecule has 2 heteroatoms.